The third-order valence-electron chi connectivity index (χ3n) is 10.8. The first-order valence-corrected chi connectivity index (χ1v) is 22.0. The van der Waals surface area contributed by atoms with Crippen LogP contribution >= 0.6 is 23.2 Å². The fourth-order valence-corrected chi connectivity index (χ4v) is 8.16. The number of nitrogen functional groups attached to an aromatic ring is 2. The van der Waals surface area contributed by atoms with Crippen LogP contribution in [-0.4, -0.2) is 42.5 Å². The maximum Gasteiger partial charge on any atom is 0.123 e. The number of benzene rings is 4. The molecule has 4 heterocycles. The van der Waals surface area contributed by atoms with Crippen molar-refractivity contribution in [3.05, 3.63) is 166 Å². The highest BCUT2D eigenvalue weighted by atomic mass is 35.5. The van der Waals surface area contributed by atoms with Gasteiger partial charge < -0.3 is 30.8 Å². The Morgan fingerprint density at radius 3 is 1.63 bits per heavy atom. The first kappa shape index (κ1) is 44.0. The van der Waals surface area contributed by atoms with Crippen molar-refractivity contribution in [3.63, 3.8) is 0 Å². The quantitative estimate of drug-likeness (QED) is 0.0600. The number of nitrogens with zero attached hydrogens (tertiary/aromatic N) is 4. The molecule has 10 heteroatoms. The summed E-state index contributed by atoms with van der Waals surface area (Å²) in [6.45, 7) is 1.68. The van der Waals surface area contributed by atoms with Crippen LogP contribution in [0.25, 0.3) is 44.3 Å². The van der Waals surface area contributed by atoms with Gasteiger partial charge in [-0.15, -0.1) is 0 Å². The first-order chi connectivity index (χ1) is 30.3. The van der Waals surface area contributed by atoms with Gasteiger partial charge in [0.15, 0.2) is 0 Å². The van der Waals surface area contributed by atoms with E-state index in [4.69, 9.17) is 44.9 Å². The van der Waals surface area contributed by atoms with Crippen LogP contribution in [0, 0.1) is 11.8 Å². The van der Waals surface area contributed by atoms with Crippen molar-refractivity contribution in [3.8, 4) is 34.4 Å². The van der Waals surface area contributed by atoms with Crippen LogP contribution in [0.3, 0.4) is 0 Å². The predicted molar refractivity (Wildman–Crippen MR) is 257 cm³/mol. The van der Waals surface area contributed by atoms with Crippen LogP contribution < -0.4 is 11.5 Å². The zero-order valence-corrected chi connectivity index (χ0v) is 36.3. The van der Waals surface area contributed by atoms with E-state index in [1.165, 1.54) is 16.5 Å². The summed E-state index contributed by atoms with van der Waals surface area (Å²) in [5.41, 5.74) is 22.2. The minimum atomic E-state index is 0.212. The van der Waals surface area contributed by atoms with Gasteiger partial charge in [0.2, 0.25) is 0 Å². The number of aliphatic hydroxyl groups is 2. The molecule has 0 unspecified atom stereocenters. The lowest BCUT2D eigenvalue weighted by Crippen LogP contribution is -2.05. The number of hydrogen-bond acceptors (Lipinski definition) is 6. The number of unbranched alkanes of at least 4 members (excludes halogenated alkanes) is 5. The third-order valence-corrected chi connectivity index (χ3v) is 11.4. The molecule has 0 atom stereocenters. The molecule has 0 saturated heterocycles. The van der Waals surface area contributed by atoms with Gasteiger partial charge in [-0.25, -0.2) is 9.97 Å². The van der Waals surface area contributed by atoms with Crippen LogP contribution in [0.4, 0.5) is 11.6 Å². The summed E-state index contributed by atoms with van der Waals surface area (Å²) in [6, 6.07) is 44.5. The van der Waals surface area contributed by atoms with Gasteiger partial charge in [-0.05, 0) is 104 Å². The summed E-state index contributed by atoms with van der Waals surface area (Å²) in [5.74, 6) is 7.48. The van der Waals surface area contributed by atoms with E-state index < -0.39 is 0 Å². The molecule has 6 N–H and O–H groups in total. The van der Waals surface area contributed by atoms with E-state index in [0.29, 0.717) is 29.7 Å². The Morgan fingerprint density at radius 1 is 0.532 bits per heavy atom. The molecule has 0 radical (unpaired) electrons. The van der Waals surface area contributed by atoms with Gasteiger partial charge in [0, 0.05) is 62.7 Å². The lowest BCUT2D eigenvalue weighted by Gasteiger charge is -2.13. The molecule has 0 aliphatic carbocycles. The van der Waals surface area contributed by atoms with Gasteiger partial charge in [-0.3, -0.25) is 0 Å². The maximum atomic E-state index is 8.96. The minimum Gasteiger partial charge on any atom is -0.396 e. The normalized spacial score (nSPS) is 11.0. The second-order valence-electron chi connectivity index (χ2n) is 15.3. The molecule has 0 amide bonds. The van der Waals surface area contributed by atoms with E-state index >= 15 is 0 Å². The summed E-state index contributed by atoms with van der Waals surface area (Å²) in [6.07, 6.45) is 7.72. The van der Waals surface area contributed by atoms with Crippen molar-refractivity contribution in [1.82, 2.24) is 19.1 Å². The lowest BCUT2D eigenvalue weighted by atomic mass is 10.0. The van der Waals surface area contributed by atoms with E-state index in [9.17, 15) is 0 Å². The Morgan fingerprint density at radius 2 is 1.06 bits per heavy atom. The number of nitrogens with two attached hydrogens (primary N) is 2. The van der Waals surface area contributed by atoms with Crippen LogP contribution in [0.2, 0.25) is 10.0 Å². The van der Waals surface area contributed by atoms with Crippen LogP contribution in [0.1, 0.15) is 67.5 Å². The topological polar surface area (TPSA) is 128 Å². The summed E-state index contributed by atoms with van der Waals surface area (Å²) < 4.78 is 4.50. The number of fused-ring (bicyclic) bond motifs is 2. The van der Waals surface area contributed by atoms with Crippen LogP contribution in [-0.2, 0) is 19.5 Å². The standard InChI is InChI=1S/C26H28ClN3O.C26H24ClN3O/c2*27-23-11-5-4-10-22(23)25-17-20-14-13-19(8-3-1-2-6-15-31)16-24(20)30(25)18-21-9-7-12-26(28)29-21/h4-5,7,9-14,16-17,31H,1-3,6,8,15,18H2,(H2,28,29);4-5,7,9-14,16-17,31H,1-2,6,15,18H2,(H2,28,29). The number of rotatable bonds is 15. The molecule has 0 aliphatic rings. The first-order valence-electron chi connectivity index (χ1n) is 21.2. The number of halogens is 2. The highest BCUT2D eigenvalue weighted by molar-refractivity contribution is 6.33. The monoisotopic (exact) mass is 862 g/mol. The molecule has 0 fully saturated rings. The highest BCUT2D eigenvalue weighted by Gasteiger charge is 2.16. The van der Waals surface area contributed by atoms with Gasteiger partial charge in [0.25, 0.3) is 0 Å². The Balaban J connectivity index is 0.000000186. The highest BCUT2D eigenvalue weighted by Crippen LogP contribution is 2.35. The smallest absolute Gasteiger partial charge is 0.123 e. The van der Waals surface area contributed by atoms with Gasteiger partial charge >= 0.3 is 0 Å². The van der Waals surface area contributed by atoms with E-state index in [2.05, 4.69) is 79.5 Å². The number of hydrogen-bond donors (Lipinski definition) is 4. The number of aliphatic hydroxyl groups excluding tert-OH is 2. The van der Waals surface area contributed by atoms with Gasteiger partial charge in [0.1, 0.15) is 11.6 Å². The van der Waals surface area contributed by atoms with Crippen molar-refractivity contribution >= 4 is 56.6 Å². The average molecular weight is 864 g/mol. The molecule has 8 nitrogen and oxygen atoms in total. The van der Waals surface area contributed by atoms with Crippen molar-refractivity contribution in [2.24, 2.45) is 0 Å². The SMILES string of the molecule is Nc1cccc(Cn2c(-c3ccccc3Cl)cc3ccc(C#CCCCCO)cc32)n1.Nc1cccc(Cn2c(-c3ccccc3Cl)cc3ccc(CCCCCCO)cc32)n1. The average Bonchev–Trinajstić information content (AvgIpc) is 3.81. The summed E-state index contributed by atoms with van der Waals surface area (Å²) in [5, 5.41) is 21.6. The van der Waals surface area contributed by atoms with Crippen molar-refractivity contribution < 1.29 is 10.2 Å². The molecule has 0 spiro atoms. The molecule has 316 valence electrons. The van der Waals surface area contributed by atoms with Gasteiger partial charge in [-0.1, -0.05) is 115 Å². The fraction of sp³-hybridized carbons (Fsp3) is 0.231. The molecule has 8 aromatic rings. The van der Waals surface area contributed by atoms with E-state index in [1.807, 2.05) is 72.8 Å². The minimum absolute atomic E-state index is 0.212. The molecule has 4 aromatic carbocycles. The molecule has 8 rings (SSSR count). The molecule has 4 aromatic heterocycles. The van der Waals surface area contributed by atoms with Crippen molar-refractivity contribution in [2.45, 2.75) is 64.5 Å². The molecule has 0 saturated carbocycles. The zero-order valence-electron chi connectivity index (χ0n) is 34.8. The largest absolute Gasteiger partial charge is 0.396 e. The third kappa shape index (κ3) is 11.2. The van der Waals surface area contributed by atoms with Crippen molar-refractivity contribution in [1.29, 1.82) is 0 Å². The van der Waals surface area contributed by atoms with Crippen molar-refractivity contribution in [2.75, 3.05) is 24.7 Å². The molecule has 62 heavy (non-hydrogen) atoms. The molecule has 0 aliphatic heterocycles. The Hall–Kier alpha value is -6.08. The fourth-order valence-electron chi connectivity index (χ4n) is 7.69. The van der Waals surface area contributed by atoms with E-state index in [0.717, 1.165) is 107 Å². The number of anilines is 2. The summed E-state index contributed by atoms with van der Waals surface area (Å²) in [4.78, 5) is 9.00. The molecular formula is C52H52Cl2N6O2. The van der Waals surface area contributed by atoms with Gasteiger partial charge in [0.05, 0.1) is 41.4 Å². The second-order valence-corrected chi connectivity index (χ2v) is 16.2. The van der Waals surface area contributed by atoms with Crippen LogP contribution in [0.15, 0.2) is 133 Å². The predicted octanol–water partition coefficient (Wildman–Crippen LogP) is 11.6. The van der Waals surface area contributed by atoms with E-state index in [1.54, 1.807) is 12.1 Å². The van der Waals surface area contributed by atoms with E-state index in [-0.39, 0.29) is 13.2 Å². The maximum absolute atomic E-state index is 8.96. The summed E-state index contributed by atoms with van der Waals surface area (Å²) >= 11 is 13.1. The van der Waals surface area contributed by atoms with Gasteiger partial charge in [-0.2, -0.15) is 0 Å². The summed E-state index contributed by atoms with van der Waals surface area (Å²) in [7, 11) is 0. The van der Waals surface area contributed by atoms with Crippen LogP contribution in [0.5, 0.6) is 0 Å². The Bertz CT molecular complexity index is 2820. The number of aromatic nitrogens is 4. The molecular weight excluding hydrogens is 812 g/mol. The number of pyridine rings is 2. The number of aryl methyl sites for hydroxylation is 1. The second kappa shape index (κ2) is 21.6. The Kier molecular flexibility index (Phi) is 15.3. The Labute approximate surface area is 373 Å². The lowest BCUT2D eigenvalue weighted by molar-refractivity contribution is 0.282. The molecule has 0 bridgehead atoms. The zero-order chi connectivity index (χ0) is 43.3.